The van der Waals surface area contributed by atoms with E-state index in [9.17, 15) is 4.79 Å². The number of aryl methyl sites for hydroxylation is 1. The van der Waals surface area contributed by atoms with Crippen molar-refractivity contribution in [2.75, 3.05) is 13.2 Å². The first kappa shape index (κ1) is 15.9. The molecule has 1 aromatic rings. The van der Waals surface area contributed by atoms with E-state index in [0.29, 0.717) is 17.3 Å². The predicted octanol–water partition coefficient (Wildman–Crippen LogP) is 4.03. The monoisotopic (exact) mass is 307 g/mol. The van der Waals surface area contributed by atoms with Crippen LogP contribution in [-0.4, -0.2) is 19.1 Å². The standard InChI is InChI=1S/C17H22ClNO2/c1-13-11-15(18)7-8-16(13)21-12-17(20)19-10-9-14-5-3-2-4-6-14/h5,7-8,11H,2-4,6,9-10,12H2,1H3,(H,19,20). The summed E-state index contributed by atoms with van der Waals surface area (Å²) in [6.45, 7) is 2.64. The second kappa shape index (κ2) is 8.08. The molecule has 1 aromatic carbocycles. The molecule has 0 fully saturated rings. The van der Waals surface area contributed by atoms with Crippen molar-refractivity contribution in [3.8, 4) is 5.75 Å². The first-order valence-corrected chi connectivity index (χ1v) is 7.86. The Morgan fingerprint density at radius 1 is 1.38 bits per heavy atom. The summed E-state index contributed by atoms with van der Waals surface area (Å²) < 4.78 is 5.51. The normalized spacial score (nSPS) is 14.5. The molecule has 0 saturated heterocycles. The Kier molecular flexibility index (Phi) is 6.12. The fourth-order valence-corrected chi connectivity index (χ4v) is 2.69. The van der Waals surface area contributed by atoms with Gasteiger partial charge in [0, 0.05) is 11.6 Å². The zero-order valence-corrected chi connectivity index (χ0v) is 13.2. The number of rotatable bonds is 6. The van der Waals surface area contributed by atoms with Crippen LogP contribution in [0.3, 0.4) is 0 Å². The summed E-state index contributed by atoms with van der Waals surface area (Å²) in [5, 5.41) is 3.57. The number of benzene rings is 1. The quantitative estimate of drug-likeness (QED) is 0.806. The molecule has 0 aliphatic heterocycles. The van der Waals surface area contributed by atoms with Gasteiger partial charge in [-0.1, -0.05) is 23.3 Å². The lowest BCUT2D eigenvalue weighted by Gasteiger charge is -2.13. The van der Waals surface area contributed by atoms with Gasteiger partial charge in [0.05, 0.1) is 0 Å². The maximum Gasteiger partial charge on any atom is 0.257 e. The third kappa shape index (κ3) is 5.43. The molecule has 0 heterocycles. The van der Waals surface area contributed by atoms with Crippen LogP contribution < -0.4 is 10.1 Å². The molecule has 0 unspecified atom stereocenters. The van der Waals surface area contributed by atoms with Gasteiger partial charge in [-0.05, 0) is 62.8 Å². The van der Waals surface area contributed by atoms with Gasteiger partial charge in [0.25, 0.3) is 5.91 Å². The van der Waals surface area contributed by atoms with Gasteiger partial charge < -0.3 is 10.1 Å². The number of allylic oxidation sites excluding steroid dienone is 1. The number of halogens is 1. The van der Waals surface area contributed by atoms with Crippen molar-refractivity contribution in [2.45, 2.75) is 39.0 Å². The lowest BCUT2D eigenvalue weighted by atomic mass is 9.97. The number of hydrogen-bond acceptors (Lipinski definition) is 2. The number of carbonyl (C=O) groups is 1. The smallest absolute Gasteiger partial charge is 0.257 e. The van der Waals surface area contributed by atoms with Crippen LogP contribution in [0.1, 0.15) is 37.7 Å². The topological polar surface area (TPSA) is 38.3 Å². The van der Waals surface area contributed by atoms with Crippen LogP contribution in [0.5, 0.6) is 5.75 Å². The van der Waals surface area contributed by atoms with Crippen LogP contribution in [0.15, 0.2) is 29.8 Å². The van der Waals surface area contributed by atoms with Gasteiger partial charge >= 0.3 is 0 Å². The largest absolute Gasteiger partial charge is 0.484 e. The number of hydrogen-bond donors (Lipinski definition) is 1. The second-order valence-electron chi connectivity index (χ2n) is 5.41. The molecule has 1 amide bonds. The van der Waals surface area contributed by atoms with Crippen molar-refractivity contribution >= 4 is 17.5 Å². The Labute approximate surface area is 131 Å². The lowest BCUT2D eigenvalue weighted by molar-refractivity contribution is -0.123. The summed E-state index contributed by atoms with van der Waals surface area (Å²) >= 11 is 5.88. The lowest BCUT2D eigenvalue weighted by Crippen LogP contribution is -2.30. The number of carbonyl (C=O) groups excluding carboxylic acids is 1. The van der Waals surface area contributed by atoms with E-state index >= 15 is 0 Å². The Morgan fingerprint density at radius 3 is 2.95 bits per heavy atom. The van der Waals surface area contributed by atoms with E-state index in [0.717, 1.165) is 12.0 Å². The Bertz CT molecular complexity index is 526. The zero-order valence-electron chi connectivity index (χ0n) is 12.5. The highest BCUT2D eigenvalue weighted by atomic mass is 35.5. The molecule has 0 bridgehead atoms. The van der Waals surface area contributed by atoms with Crippen LogP contribution in [0.4, 0.5) is 0 Å². The molecular weight excluding hydrogens is 286 g/mol. The average molecular weight is 308 g/mol. The molecule has 0 atom stereocenters. The predicted molar refractivity (Wildman–Crippen MR) is 85.9 cm³/mol. The minimum absolute atomic E-state index is 0.0432. The molecule has 1 N–H and O–H groups in total. The van der Waals surface area contributed by atoms with Gasteiger partial charge in [-0.25, -0.2) is 0 Å². The molecule has 1 aliphatic carbocycles. The minimum atomic E-state index is -0.0826. The second-order valence-corrected chi connectivity index (χ2v) is 5.84. The molecule has 3 nitrogen and oxygen atoms in total. The Hall–Kier alpha value is -1.48. The summed E-state index contributed by atoms with van der Waals surface area (Å²) in [5.41, 5.74) is 2.40. The van der Waals surface area contributed by atoms with Gasteiger partial charge in [0.1, 0.15) is 5.75 Å². The Balaban J connectivity index is 1.68. The van der Waals surface area contributed by atoms with Crippen molar-refractivity contribution in [3.63, 3.8) is 0 Å². The third-order valence-corrected chi connectivity index (χ3v) is 3.88. The molecule has 0 saturated carbocycles. The maximum absolute atomic E-state index is 11.8. The maximum atomic E-state index is 11.8. The van der Waals surface area contributed by atoms with Crippen LogP contribution in [0, 0.1) is 6.92 Å². The third-order valence-electron chi connectivity index (χ3n) is 3.65. The van der Waals surface area contributed by atoms with E-state index in [-0.39, 0.29) is 12.5 Å². The van der Waals surface area contributed by atoms with Crippen molar-refractivity contribution in [2.24, 2.45) is 0 Å². The number of nitrogens with one attached hydrogen (secondary N) is 1. The number of amides is 1. The highest BCUT2D eigenvalue weighted by molar-refractivity contribution is 6.30. The molecule has 0 radical (unpaired) electrons. The molecular formula is C17H22ClNO2. The fourth-order valence-electron chi connectivity index (χ4n) is 2.46. The van der Waals surface area contributed by atoms with E-state index in [4.69, 9.17) is 16.3 Å². The molecule has 4 heteroatoms. The van der Waals surface area contributed by atoms with E-state index < -0.39 is 0 Å². The first-order valence-electron chi connectivity index (χ1n) is 7.49. The fraction of sp³-hybridized carbons (Fsp3) is 0.471. The summed E-state index contributed by atoms with van der Waals surface area (Å²) in [6, 6.07) is 5.37. The van der Waals surface area contributed by atoms with Gasteiger partial charge in [-0.2, -0.15) is 0 Å². The van der Waals surface area contributed by atoms with Gasteiger partial charge in [-0.3, -0.25) is 4.79 Å². The molecule has 2 rings (SSSR count). The van der Waals surface area contributed by atoms with Crippen LogP contribution in [0.25, 0.3) is 0 Å². The van der Waals surface area contributed by atoms with Crippen LogP contribution in [0.2, 0.25) is 5.02 Å². The molecule has 114 valence electrons. The Morgan fingerprint density at radius 2 is 2.24 bits per heavy atom. The van der Waals surface area contributed by atoms with Crippen molar-refractivity contribution in [1.82, 2.24) is 5.32 Å². The minimum Gasteiger partial charge on any atom is -0.484 e. The zero-order chi connectivity index (χ0) is 15.1. The van der Waals surface area contributed by atoms with Crippen molar-refractivity contribution in [3.05, 3.63) is 40.4 Å². The van der Waals surface area contributed by atoms with E-state index in [1.165, 1.54) is 31.3 Å². The molecule has 0 aromatic heterocycles. The summed E-state index contributed by atoms with van der Waals surface area (Å²) in [4.78, 5) is 11.8. The highest BCUT2D eigenvalue weighted by Crippen LogP contribution is 2.21. The van der Waals surface area contributed by atoms with E-state index in [1.54, 1.807) is 12.1 Å². The molecule has 1 aliphatic rings. The SMILES string of the molecule is Cc1cc(Cl)ccc1OCC(=O)NCCC1=CCCCC1. The summed E-state index contributed by atoms with van der Waals surface area (Å²) in [5.74, 6) is 0.616. The van der Waals surface area contributed by atoms with Gasteiger partial charge in [0.2, 0.25) is 0 Å². The molecule has 0 spiro atoms. The highest BCUT2D eigenvalue weighted by Gasteiger charge is 2.07. The van der Waals surface area contributed by atoms with Crippen LogP contribution >= 0.6 is 11.6 Å². The average Bonchev–Trinajstić information content (AvgIpc) is 2.47. The van der Waals surface area contributed by atoms with Crippen molar-refractivity contribution < 1.29 is 9.53 Å². The summed E-state index contributed by atoms with van der Waals surface area (Å²) in [7, 11) is 0. The first-order chi connectivity index (χ1) is 10.1. The summed E-state index contributed by atoms with van der Waals surface area (Å²) in [6.07, 6.45) is 8.19. The van der Waals surface area contributed by atoms with E-state index in [2.05, 4.69) is 11.4 Å². The van der Waals surface area contributed by atoms with E-state index in [1.807, 2.05) is 13.0 Å². The molecule has 21 heavy (non-hydrogen) atoms. The number of ether oxygens (including phenoxy) is 1. The van der Waals surface area contributed by atoms with Crippen LogP contribution in [-0.2, 0) is 4.79 Å². The van der Waals surface area contributed by atoms with Crippen molar-refractivity contribution in [1.29, 1.82) is 0 Å². The van der Waals surface area contributed by atoms with Gasteiger partial charge in [-0.15, -0.1) is 0 Å². The van der Waals surface area contributed by atoms with Gasteiger partial charge in [0.15, 0.2) is 6.61 Å².